The van der Waals surface area contributed by atoms with E-state index in [-0.39, 0.29) is 0 Å². The van der Waals surface area contributed by atoms with Gasteiger partial charge in [0.05, 0.1) is 6.10 Å². The van der Waals surface area contributed by atoms with E-state index in [0.717, 1.165) is 4.90 Å². The van der Waals surface area contributed by atoms with Crippen LogP contribution in [0.1, 0.15) is 0 Å². The van der Waals surface area contributed by atoms with Gasteiger partial charge in [-0.2, -0.15) is 0 Å². The van der Waals surface area contributed by atoms with E-state index in [2.05, 4.69) is 0 Å². The van der Waals surface area contributed by atoms with Crippen molar-refractivity contribution in [2.75, 3.05) is 12.4 Å². The van der Waals surface area contributed by atoms with E-state index in [1.165, 1.54) is 11.8 Å². The van der Waals surface area contributed by atoms with Gasteiger partial charge >= 0.3 is 0 Å². The van der Waals surface area contributed by atoms with Crippen molar-refractivity contribution < 1.29 is 10.2 Å². The van der Waals surface area contributed by atoms with Crippen LogP contribution < -0.4 is 0 Å². The summed E-state index contributed by atoms with van der Waals surface area (Å²) in [6.07, 6.45) is -0.727. The molecule has 0 aliphatic rings. The third-order valence-corrected chi connectivity index (χ3v) is 2.53. The molecule has 0 bridgehead atoms. The number of thioether (sulfide) groups is 1. The van der Waals surface area contributed by atoms with Gasteiger partial charge in [-0.15, -0.1) is 11.8 Å². The van der Waals surface area contributed by atoms with Crippen LogP contribution in [0.5, 0.6) is 0 Å². The third-order valence-electron chi connectivity index (χ3n) is 1.38. The van der Waals surface area contributed by atoms with Gasteiger partial charge in [-0.05, 0) is 12.1 Å². The number of benzene rings is 1. The minimum atomic E-state index is -0.727. The molecule has 1 atom stereocenters. The second-order valence-electron chi connectivity index (χ2n) is 2.44. The van der Waals surface area contributed by atoms with Gasteiger partial charge in [0.25, 0.3) is 0 Å². The van der Waals surface area contributed by atoms with Crippen LogP contribution in [-0.4, -0.2) is 23.6 Å². The fraction of sp³-hybridized carbons (Fsp3) is 0.333. The van der Waals surface area contributed by atoms with Crippen LogP contribution in [0.25, 0.3) is 0 Å². The largest absolute Gasteiger partial charge is 0.390 e. The van der Waals surface area contributed by atoms with Crippen molar-refractivity contribution in [1.82, 2.24) is 0 Å². The van der Waals surface area contributed by atoms with Gasteiger partial charge in [-0.25, -0.2) is 5.11 Å². The lowest BCUT2D eigenvalue weighted by Gasteiger charge is -2.04. The maximum absolute atomic E-state index is 10.2. The van der Waals surface area contributed by atoms with Crippen LogP contribution in [-0.2, 0) is 5.11 Å². The predicted octanol–water partition coefficient (Wildman–Crippen LogP) is 1.57. The number of hydrogen-bond donors (Lipinski definition) is 1. The Morgan fingerprint density at radius 1 is 1.33 bits per heavy atom. The summed E-state index contributed by atoms with van der Waals surface area (Å²) in [5, 5.41) is 19.2. The second-order valence-corrected chi connectivity index (χ2v) is 3.54. The van der Waals surface area contributed by atoms with Crippen molar-refractivity contribution in [3.63, 3.8) is 0 Å². The normalized spacial score (nSPS) is 12.8. The molecule has 0 aliphatic carbocycles. The predicted molar refractivity (Wildman–Crippen MR) is 48.7 cm³/mol. The van der Waals surface area contributed by atoms with Crippen molar-refractivity contribution in [3.8, 4) is 0 Å². The molecule has 1 unspecified atom stereocenters. The number of hydrogen-bond acceptors (Lipinski definition) is 2. The molecule has 0 saturated heterocycles. The first kappa shape index (κ1) is 9.58. The average molecular weight is 183 g/mol. The highest BCUT2D eigenvalue weighted by Crippen LogP contribution is 2.17. The van der Waals surface area contributed by atoms with Gasteiger partial charge in [0.15, 0.2) is 0 Å². The summed E-state index contributed by atoms with van der Waals surface area (Å²) in [4.78, 5) is 1.09. The molecule has 1 radical (unpaired) electrons. The topological polar surface area (TPSA) is 40.1 Å². The Balaban J connectivity index is 2.33. The van der Waals surface area contributed by atoms with Gasteiger partial charge < -0.3 is 5.11 Å². The standard InChI is InChI=1S/C9H11O2S/c10-6-8(11)7-12-9-4-2-1-3-5-9/h1-5,8,11H,6-7H2. The highest BCUT2D eigenvalue weighted by molar-refractivity contribution is 7.99. The molecule has 0 aromatic heterocycles. The highest BCUT2D eigenvalue weighted by atomic mass is 32.2. The molecule has 0 fully saturated rings. The molecule has 65 valence electrons. The zero-order valence-corrected chi connectivity index (χ0v) is 7.46. The van der Waals surface area contributed by atoms with E-state index in [4.69, 9.17) is 5.11 Å². The monoisotopic (exact) mass is 183 g/mol. The minimum absolute atomic E-state index is 0.417. The lowest BCUT2D eigenvalue weighted by molar-refractivity contribution is 0.0701. The zero-order valence-electron chi connectivity index (χ0n) is 6.64. The summed E-state index contributed by atoms with van der Waals surface area (Å²) in [7, 11) is 0. The number of aliphatic hydroxyl groups excluding tert-OH is 1. The molecule has 3 heteroatoms. The van der Waals surface area contributed by atoms with Crippen molar-refractivity contribution >= 4 is 11.8 Å². The maximum Gasteiger partial charge on any atom is 0.109 e. The van der Waals surface area contributed by atoms with Crippen LogP contribution in [0, 0.1) is 0 Å². The quantitative estimate of drug-likeness (QED) is 0.720. The number of aliphatic hydroxyl groups is 1. The average Bonchev–Trinajstić information content (AvgIpc) is 2.16. The summed E-state index contributed by atoms with van der Waals surface area (Å²) >= 11 is 1.50. The Bertz CT molecular complexity index is 213. The molecule has 1 N–H and O–H groups in total. The van der Waals surface area contributed by atoms with Crippen LogP contribution in [0.15, 0.2) is 35.2 Å². The lowest BCUT2D eigenvalue weighted by atomic mass is 10.4. The fourth-order valence-electron chi connectivity index (χ4n) is 0.757. The molecule has 0 aliphatic heterocycles. The smallest absolute Gasteiger partial charge is 0.109 e. The fourth-order valence-corrected chi connectivity index (χ4v) is 1.59. The van der Waals surface area contributed by atoms with Crippen molar-refractivity contribution in [2.24, 2.45) is 0 Å². The molecule has 2 nitrogen and oxygen atoms in total. The number of rotatable bonds is 4. The van der Waals surface area contributed by atoms with Gasteiger partial charge in [-0.3, -0.25) is 0 Å². The Kier molecular flexibility index (Phi) is 4.14. The van der Waals surface area contributed by atoms with Crippen LogP contribution >= 0.6 is 11.8 Å². The van der Waals surface area contributed by atoms with Crippen molar-refractivity contribution in [2.45, 2.75) is 11.0 Å². The summed E-state index contributed by atoms with van der Waals surface area (Å²) in [6, 6.07) is 9.73. The summed E-state index contributed by atoms with van der Waals surface area (Å²) in [6.45, 7) is -0.417. The Hall–Kier alpha value is -0.510. The summed E-state index contributed by atoms with van der Waals surface area (Å²) in [5.74, 6) is 0.480. The molecule has 1 aromatic carbocycles. The molecule has 12 heavy (non-hydrogen) atoms. The van der Waals surface area contributed by atoms with Gasteiger partial charge in [0.2, 0.25) is 0 Å². The van der Waals surface area contributed by atoms with Gasteiger partial charge in [0, 0.05) is 10.6 Å². The third kappa shape index (κ3) is 3.26. The first-order valence-electron chi connectivity index (χ1n) is 3.77. The van der Waals surface area contributed by atoms with Crippen molar-refractivity contribution in [1.29, 1.82) is 0 Å². The van der Waals surface area contributed by atoms with Crippen LogP contribution in [0.2, 0.25) is 0 Å². The minimum Gasteiger partial charge on any atom is -0.390 e. The Morgan fingerprint density at radius 3 is 2.58 bits per heavy atom. The molecule has 1 aromatic rings. The van der Waals surface area contributed by atoms with Gasteiger partial charge in [-0.1, -0.05) is 18.2 Å². The van der Waals surface area contributed by atoms with Crippen LogP contribution in [0.4, 0.5) is 0 Å². The first-order chi connectivity index (χ1) is 5.83. The van der Waals surface area contributed by atoms with E-state index in [9.17, 15) is 5.11 Å². The van der Waals surface area contributed by atoms with E-state index >= 15 is 0 Å². The molecular formula is C9H11O2S. The molecule has 0 amide bonds. The Labute approximate surface area is 76.2 Å². The highest BCUT2D eigenvalue weighted by Gasteiger charge is 2.02. The van der Waals surface area contributed by atoms with E-state index in [1.807, 2.05) is 30.3 Å². The Morgan fingerprint density at radius 2 is 2.00 bits per heavy atom. The van der Waals surface area contributed by atoms with E-state index < -0.39 is 12.7 Å². The van der Waals surface area contributed by atoms with E-state index in [0.29, 0.717) is 5.75 Å². The molecule has 0 heterocycles. The maximum atomic E-state index is 10.2. The molecular weight excluding hydrogens is 172 g/mol. The SMILES string of the molecule is [O]CC(O)CSc1ccccc1. The van der Waals surface area contributed by atoms with Crippen molar-refractivity contribution in [3.05, 3.63) is 30.3 Å². The summed E-state index contributed by atoms with van der Waals surface area (Å²) in [5.41, 5.74) is 0. The second kappa shape index (κ2) is 5.19. The molecule has 0 saturated carbocycles. The lowest BCUT2D eigenvalue weighted by Crippen LogP contribution is -2.13. The zero-order chi connectivity index (χ0) is 8.81. The molecule has 0 spiro atoms. The van der Waals surface area contributed by atoms with Crippen LogP contribution in [0.3, 0.4) is 0 Å². The summed E-state index contributed by atoms with van der Waals surface area (Å²) < 4.78 is 0. The van der Waals surface area contributed by atoms with Gasteiger partial charge in [0.1, 0.15) is 6.61 Å². The van der Waals surface area contributed by atoms with E-state index in [1.54, 1.807) is 0 Å². The first-order valence-corrected chi connectivity index (χ1v) is 4.75. The molecule has 1 rings (SSSR count).